The smallest absolute Gasteiger partial charge is 0.194 e. The van der Waals surface area contributed by atoms with Crippen LogP contribution in [0.1, 0.15) is 0 Å². The Bertz CT molecular complexity index is 764. The highest BCUT2D eigenvalue weighted by Gasteiger charge is 2.16. The highest BCUT2D eigenvalue weighted by Crippen LogP contribution is 2.22. The van der Waals surface area contributed by atoms with Crippen LogP contribution >= 0.6 is 11.6 Å². The van der Waals surface area contributed by atoms with Gasteiger partial charge in [-0.3, -0.25) is 0 Å². The first kappa shape index (κ1) is 11.9. The monoisotopic (exact) mass is 284 g/mol. The fourth-order valence-electron chi connectivity index (χ4n) is 1.63. The van der Waals surface area contributed by atoms with Crippen molar-refractivity contribution in [1.82, 2.24) is 19.8 Å². The lowest BCUT2D eigenvalue weighted by Gasteiger charge is -2.01. The molecule has 0 saturated carbocycles. The van der Waals surface area contributed by atoms with E-state index >= 15 is 0 Å². The minimum atomic E-state index is -1.54. The molecule has 0 N–H and O–H groups in total. The molecule has 0 unspecified atom stereocenters. The van der Waals surface area contributed by atoms with Crippen LogP contribution in [-0.4, -0.2) is 19.8 Å². The summed E-state index contributed by atoms with van der Waals surface area (Å²) < 4.78 is 40.5. The minimum Gasteiger partial charge on any atom is -0.204 e. The van der Waals surface area contributed by atoms with E-state index in [0.717, 1.165) is 12.1 Å². The number of aromatic nitrogens is 4. The van der Waals surface area contributed by atoms with E-state index in [9.17, 15) is 13.2 Å². The zero-order valence-electron chi connectivity index (χ0n) is 9.11. The predicted octanol–water partition coefficient (Wildman–Crippen LogP) is 2.86. The maximum Gasteiger partial charge on any atom is 0.194 e. The first-order chi connectivity index (χ1) is 9.06. The zero-order valence-corrected chi connectivity index (χ0v) is 9.87. The third kappa shape index (κ3) is 1.91. The summed E-state index contributed by atoms with van der Waals surface area (Å²) in [6, 6.07) is 4.68. The van der Waals surface area contributed by atoms with E-state index in [0.29, 0.717) is 5.65 Å². The first-order valence-electron chi connectivity index (χ1n) is 5.09. The summed E-state index contributed by atoms with van der Waals surface area (Å²) in [5, 5.41) is 11.6. The summed E-state index contributed by atoms with van der Waals surface area (Å²) in [4.78, 5) is 0. The number of rotatable bonds is 1. The lowest BCUT2D eigenvalue weighted by atomic mass is 10.2. The minimum absolute atomic E-state index is 0.0127. The van der Waals surface area contributed by atoms with Gasteiger partial charge in [0, 0.05) is 5.56 Å². The summed E-state index contributed by atoms with van der Waals surface area (Å²) >= 11 is 5.73. The van der Waals surface area contributed by atoms with Crippen molar-refractivity contribution in [1.29, 1.82) is 0 Å². The summed E-state index contributed by atoms with van der Waals surface area (Å²) in [5.74, 6) is -4.10. The Morgan fingerprint density at radius 1 is 1.00 bits per heavy atom. The summed E-state index contributed by atoms with van der Waals surface area (Å²) in [5.41, 5.74) is 0.364. The van der Waals surface area contributed by atoms with Crippen LogP contribution in [-0.2, 0) is 0 Å². The predicted molar refractivity (Wildman–Crippen MR) is 61.1 cm³/mol. The van der Waals surface area contributed by atoms with Crippen molar-refractivity contribution in [3.05, 3.63) is 46.9 Å². The Morgan fingerprint density at radius 3 is 2.37 bits per heavy atom. The maximum atomic E-state index is 13.2. The molecule has 0 radical (unpaired) electrons. The van der Waals surface area contributed by atoms with Crippen LogP contribution in [0.4, 0.5) is 13.2 Å². The number of benzene rings is 1. The van der Waals surface area contributed by atoms with Gasteiger partial charge in [-0.25, -0.2) is 13.2 Å². The van der Waals surface area contributed by atoms with Gasteiger partial charge in [0.2, 0.25) is 0 Å². The SMILES string of the molecule is Fc1cc(-c2nnc3ccc(Cl)nn23)cc(F)c1F. The molecule has 4 nitrogen and oxygen atoms in total. The highest BCUT2D eigenvalue weighted by molar-refractivity contribution is 6.29. The van der Waals surface area contributed by atoms with E-state index in [2.05, 4.69) is 15.3 Å². The van der Waals surface area contributed by atoms with E-state index < -0.39 is 17.5 Å². The van der Waals surface area contributed by atoms with Crippen LogP contribution < -0.4 is 0 Å². The van der Waals surface area contributed by atoms with Crippen LogP contribution in [0.3, 0.4) is 0 Å². The van der Waals surface area contributed by atoms with Crippen LogP contribution in [0.2, 0.25) is 5.15 Å². The third-order valence-electron chi connectivity index (χ3n) is 2.47. The normalized spacial score (nSPS) is 11.2. The topological polar surface area (TPSA) is 43.1 Å². The van der Waals surface area contributed by atoms with Crippen LogP contribution in [0, 0.1) is 17.5 Å². The Hall–Kier alpha value is -2.15. The molecule has 96 valence electrons. The molecule has 19 heavy (non-hydrogen) atoms. The molecule has 1 aromatic carbocycles. The summed E-state index contributed by atoms with van der Waals surface area (Å²) in [6.07, 6.45) is 0. The van der Waals surface area contributed by atoms with Gasteiger partial charge in [-0.2, -0.15) is 9.61 Å². The van der Waals surface area contributed by atoms with Crippen molar-refractivity contribution in [2.75, 3.05) is 0 Å². The largest absolute Gasteiger partial charge is 0.204 e. The van der Waals surface area contributed by atoms with E-state index in [-0.39, 0.29) is 16.5 Å². The fourth-order valence-corrected chi connectivity index (χ4v) is 1.77. The summed E-state index contributed by atoms with van der Waals surface area (Å²) in [7, 11) is 0. The van der Waals surface area contributed by atoms with Gasteiger partial charge in [0.05, 0.1) is 0 Å². The van der Waals surface area contributed by atoms with Gasteiger partial charge in [-0.15, -0.1) is 10.2 Å². The second kappa shape index (κ2) is 4.20. The molecule has 2 aromatic heterocycles. The molecular weight excluding hydrogens is 281 g/mol. The Balaban J connectivity index is 2.27. The second-order valence-electron chi connectivity index (χ2n) is 3.70. The standard InChI is InChI=1S/C11H4ClF3N4/c12-8-1-2-9-16-17-11(19(9)18-8)5-3-6(13)10(15)7(14)4-5/h1-4H. The van der Waals surface area contributed by atoms with Crippen molar-refractivity contribution >= 4 is 17.2 Å². The Labute approximate surface area is 109 Å². The molecule has 8 heteroatoms. The number of halogens is 4. The Morgan fingerprint density at radius 2 is 1.68 bits per heavy atom. The molecule has 0 spiro atoms. The van der Waals surface area contributed by atoms with Gasteiger partial charge in [0.1, 0.15) is 5.15 Å². The lowest BCUT2D eigenvalue weighted by Crippen LogP contribution is -1.98. The van der Waals surface area contributed by atoms with E-state index in [4.69, 9.17) is 11.6 Å². The van der Waals surface area contributed by atoms with Crippen molar-refractivity contribution in [2.45, 2.75) is 0 Å². The molecule has 0 aliphatic heterocycles. The fraction of sp³-hybridized carbons (Fsp3) is 0. The van der Waals surface area contributed by atoms with E-state index in [1.54, 1.807) is 6.07 Å². The molecule has 0 fully saturated rings. The van der Waals surface area contributed by atoms with E-state index in [1.807, 2.05) is 0 Å². The second-order valence-corrected chi connectivity index (χ2v) is 4.09. The van der Waals surface area contributed by atoms with Gasteiger partial charge in [0.15, 0.2) is 28.9 Å². The number of hydrogen-bond acceptors (Lipinski definition) is 3. The van der Waals surface area contributed by atoms with Crippen LogP contribution in [0.15, 0.2) is 24.3 Å². The van der Waals surface area contributed by atoms with Crippen molar-refractivity contribution in [2.24, 2.45) is 0 Å². The van der Waals surface area contributed by atoms with Crippen LogP contribution in [0.5, 0.6) is 0 Å². The van der Waals surface area contributed by atoms with Gasteiger partial charge in [-0.1, -0.05) is 11.6 Å². The third-order valence-corrected chi connectivity index (χ3v) is 2.67. The molecule has 3 rings (SSSR count). The van der Waals surface area contributed by atoms with Gasteiger partial charge < -0.3 is 0 Å². The average Bonchev–Trinajstić information content (AvgIpc) is 2.78. The van der Waals surface area contributed by atoms with Gasteiger partial charge in [0.25, 0.3) is 0 Å². The molecule has 0 aliphatic carbocycles. The van der Waals surface area contributed by atoms with E-state index in [1.165, 1.54) is 10.6 Å². The van der Waals surface area contributed by atoms with Crippen molar-refractivity contribution in [3.63, 3.8) is 0 Å². The highest BCUT2D eigenvalue weighted by atomic mass is 35.5. The number of hydrogen-bond donors (Lipinski definition) is 0. The summed E-state index contributed by atoms with van der Waals surface area (Å²) in [6.45, 7) is 0. The first-order valence-corrected chi connectivity index (χ1v) is 5.47. The number of fused-ring (bicyclic) bond motifs is 1. The quantitative estimate of drug-likeness (QED) is 0.645. The molecule has 3 aromatic rings. The molecule has 2 heterocycles. The molecule has 0 saturated heterocycles. The molecule has 0 atom stereocenters. The molecule has 0 amide bonds. The van der Waals surface area contributed by atoms with Gasteiger partial charge >= 0.3 is 0 Å². The maximum absolute atomic E-state index is 13.2. The lowest BCUT2D eigenvalue weighted by molar-refractivity contribution is 0.447. The van der Waals surface area contributed by atoms with Crippen LogP contribution in [0.25, 0.3) is 17.0 Å². The average molecular weight is 285 g/mol. The Kier molecular flexibility index (Phi) is 2.63. The zero-order chi connectivity index (χ0) is 13.6. The van der Waals surface area contributed by atoms with Gasteiger partial charge in [-0.05, 0) is 24.3 Å². The van der Waals surface area contributed by atoms with Crippen molar-refractivity contribution < 1.29 is 13.2 Å². The molecular formula is C11H4ClF3N4. The molecule has 0 bridgehead atoms. The number of nitrogens with zero attached hydrogens (tertiary/aromatic N) is 4. The van der Waals surface area contributed by atoms with Crippen molar-refractivity contribution in [3.8, 4) is 11.4 Å². The molecule has 0 aliphatic rings.